The summed E-state index contributed by atoms with van der Waals surface area (Å²) in [4.78, 5) is 24.2. The number of aliphatic hydroxyl groups excluding tert-OH is 2. The van der Waals surface area contributed by atoms with Crippen molar-refractivity contribution in [3.05, 3.63) is 72.9 Å². The van der Waals surface area contributed by atoms with E-state index in [2.05, 4.69) is 57.2 Å². The predicted molar refractivity (Wildman–Crippen MR) is 202 cm³/mol. The third kappa shape index (κ3) is 33.2. The Labute approximate surface area is 294 Å². The Morgan fingerprint density at radius 1 is 0.667 bits per heavy atom. The zero-order valence-electron chi connectivity index (χ0n) is 30.7. The molecular formula is C42H70O6. The molecule has 0 heterocycles. The minimum atomic E-state index is -0.839. The lowest BCUT2D eigenvalue weighted by atomic mass is 9.99. The topological polar surface area (TPSA) is 93.1 Å². The Morgan fingerprint density at radius 2 is 1.25 bits per heavy atom. The molecule has 0 fully saturated rings. The van der Waals surface area contributed by atoms with Gasteiger partial charge in [0.2, 0.25) is 0 Å². The van der Waals surface area contributed by atoms with Gasteiger partial charge in [-0.05, 0) is 50.9 Å². The van der Waals surface area contributed by atoms with Gasteiger partial charge in [0, 0.05) is 12.8 Å². The maximum absolute atomic E-state index is 12.1. The van der Waals surface area contributed by atoms with Crippen molar-refractivity contribution in [1.29, 1.82) is 0 Å². The van der Waals surface area contributed by atoms with Gasteiger partial charge in [-0.3, -0.25) is 9.59 Å². The first-order valence-corrected chi connectivity index (χ1v) is 19.0. The van der Waals surface area contributed by atoms with E-state index in [9.17, 15) is 19.8 Å². The van der Waals surface area contributed by atoms with E-state index in [0.717, 1.165) is 50.9 Å². The van der Waals surface area contributed by atoms with Crippen molar-refractivity contribution in [1.82, 2.24) is 0 Å². The highest BCUT2D eigenvalue weighted by Crippen LogP contribution is 2.15. The van der Waals surface area contributed by atoms with Crippen LogP contribution in [-0.2, 0) is 19.1 Å². The second kappa shape index (κ2) is 35.6. The summed E-state index contributed by atoms with van der Waals surface area (Å²) >= 11 is 0. The Kier molecular flexibility index (Phi) is 33.6. The first kappa shape index (κ1) is 45.3. The van der Waals surface area contributed by atoms with Gasteiger partial charge in [0.15, 0.2) is 6.10 Å². The van der Waals surface area contributed by atoms with Gasteiger partial charge >= 0.3 is 11.9 Å². The van der Waals surface area contributed by atoms with Crippen LogP contribution in [0.1, 0.15) is 149 Å². The molecule has 0 aliphatic carbocycles. The average Bonchev–Trinajstić information content (AvgIpc) is 3.08. The van der Waals surface area contributed by atoms with Crippen LogP contribution in [-0.4, -0.2) is 47.6 Å². The average molecular weight is 671 g/mol. The van der Waals surface area contributed by atoms with Crippen LogP contribution in [0.5, 0.6) is 0 Å². The highest BCUT2D eigenvalue weighted by Gasteiger charge is 2.16. The summed E-state index contributed by atoms with van der Waals surface area (Å²) in [7, 11) is 0. The third-order valence-corrected chi connectivity index (χ3v) is 8.15. The molecule has 0 aromatic heterocycles. The molecule has 0 aliphatic heterocycles. The van der Waals surface area contributed by atoms with E-state index in [-0.39, 0.29) is 25.6 Å². The summed E-state index contributed by atoms with van der Waals surface area (Å²) in [6, 6.07) is 0. The Bertz CT molecular complexity index is 928. The fourth-order valence-electron chi connectivity index (χ4n) is 4.87. The van der Waals surface area contributed by atoms with E-state index in [0.29, 0.717) is 19.3 Å². The maximum Gasteiger partial charge on any atom is 0.306 e. The number of carbonyl (C=O) groups excluding carboxylic acids is 2. The molecule has 3 atom stereocenters. The van der Waals surface area contributed by atoms with Crippen LogP contribution in [0.4, 0.5) is 0 Å². The zero-order valence-corrected chi connectivity index (χ0v) is 30.7. The van der Waals surface area contributed by atoms with Crippen LogP contribution in [0.25, 0.3) is 0 Å². The number of hydrogen-bond acceptors (Lipinski definition) is 6. The third-order valence-electron chi connectivity index (χ3n) is 8.15. The molecule has 0 spiro atoms. The summed E-state index contributed by atoms with van der Waals surface area (Å²) in [5.41, 5.74) is 0. The number of ether oxygens (including phenoxy) is 2. The van der Waals surface area contributed by atoms with E-state index >= 15 is 0 Å². The maximum atomic E-state index is 12.1. The van der Waals surface area contributed by atoms with E-state index in [1.807, 2.05) is 30.4 Å². The van der Waals surface area contributed by atoms with E-state index < -0.39 is 18.2 Å². The van der Waals surface area contributed by atoms with Crippen molar-refractivity contribution in [3.63, 3.8) is 0 Å². The minimum absolute atomic E-state index is 0.150. The quantitative estimate of drug-likeness (QED) is 0.0320. The molecule has 6 heteroatoms. The predicted octanol–water partition coefficient (Wildman–Crippen LogP) is 10.6. The van der Waals surface area contributed by atoms with Gasteiger partial charge in [-0.25, -0.2) is 0 Å². The largest absolute Gasteiger partial charge is 0.462 e. The molecule has 0 rings (SSSR count). The lowest BCUT2D eigenvalue weighted by Crippen LogP contribution is -2.28. The number of allylic oxidation sites excluding steroid dienone is 10. The minimum Gasteiger partial charge on any atom is -0.462 e. The number of esters is 2. The standard InChI is InChI=1S/C42H70O6/c1-4-6-7-8-9-10-11-12-13-17-20-23-27-32-39(44)33-28-25-30-34-41(45)47-37-40(36-43)48-42(46)35-29-24-21-18-15-14-16-19-22-26-31-38(3)5-2/h6-7,9-10,12-13,20,23,25,27-28,32,38-40,43-44H,4-5,8,11,14-19,21-22,24,26,29-31,33-37H2,1-3H3/b7-6-,10-9-,13-12-,23-20-,28-25-,32-27-/t38?,39?,40-/m0/s1. The number of carbonyl (C=O) groups is 2. The lowest BCUT2D eigenvalue weighted by molar-refractivity contribution is -0.161. The SMILES string of the molecule is CC/C=C\C/C=C\C/C=C\C/C=C\C=C/C(O)C/C=C\CCC(=O)OC[C@H](CO)OC(=O)CCCCCCCCCCCCC(C)CC. The molecule has 0 saturated heterocycles. The number of aliphatic hydroxyl groups is 2. The van der Waals surface area contributed by atoms with Crippen LogP contribution in [0.15, 0.2) is 72.9 Å². The molecule has 2 N–H and O–H groups in total. The van der Waals surface area contributed by atoms with Crippen LogP contribution in [0.2, 0.25) is 0 Å². The molecule has 6 nitrogen and oxygen atoms in total. The van der Waals surface area contributed by atoms with Gasteiger partial charge in [0.05, 0.1) is 12.7 Å². The Balaban J connectivity index is 3.84. The summed E-state index contributed by atoms with van der Waals surface area (Å²) in [5.74, 6) is 0.0856. The Morgan fingerprint density at radius 3 is 1.85 bits per heavy atom. The first-order chi connectivity index (χ1) is 23.4. The molecule has 0 aromatic carbocycles. The summed E-state index contributed by atoms with van der Waals surface area (Å²) in [6.07, 6.45) is 42.7. The normalized spacial score (nSPS) is 14.4. The molecular weight excluding hydrogens is 600 g/mol. The first-order valence-electron chi connectivity index (χ1n) is 19.0. The van der Waals surface area contributed by atoms with Gasteiger partial charge in [0.25, 0.3) is 0 Å². The van der Waals surface area contributed by atoms with Crippen LogP contribution in [0, 0.1) is 5.92 Å². The smallest absolute Gasteiger partial charge is 0.306 e. The van der Waals surface area contributed by atoms with Crippen molar-refractivity contribution in [2.45, 2.75) is 161 Å². The Hall–Kier alpha value is -2.70. The summed E-state index contributed by atoms with van der Waals surface area (Å²) < 4.78 is 10.5. The van der Waals surface area contributed by atoms with Crippen molar-refractivity contribution in [2.75, 3.05) is 13.2 Å². The number of rotatable bonds is 32. The molecule has 0 aliphatic rings. The molecule has 0 amide bonds. The number of hydrogen-bond donors (Lipinski definition) is 2. The van der Waals surface area contributed by atoms with Crippen molar-refractivity contribution >= 4 is 11.9 Å². The van der Waals surface area contributed by atoms with E-state index in [4.69, 9.17) is 9.47 Å². The molecule has 0 saturated carbocycles. The number of unbranched alkanes of at least 4 members (excludes halogenated alkanes) is 9. The zero-order chi connectivity index (χ0) is 35.3. The van der Waals surface area contributed by atoms with Crippen LogP contribution < -0.4 is 0 Å². The van der Waals surface area contributed by atoms with Gasteiger partial charge in [0.1, 0.15) is 6.61 Å². The highest BCUT2D eigenvalue weighted by molar-refractivity contribution is 5.70. The molecule has 0 bridgehead atoms. The van der Waals surface area contributed by atoms with Gasteiger partial charge in [-0.15, -0.1) is 0 Å². The van der Waals surface area contributed by atoms with E-state index in [1.165, 1.54) is 57.8 Å². The van der Waals surface area contributed by atoms with E-state index in [1.54, 1.807) is 6.08 Å². The highest BCUT2D eigenvalue weighted by atomic mass is 16.6. The molecule has 48 heavy (non-hydrogen) atoms. The fourth-order valence-corrected chi connectivity index (χ4v) is 4.87. The van der Waals surface area contributed by atoms with Crippen molar-refractivity contribution < 1.29 is 29.3 Å². The van der Waals surface area contributed by atoms with Gasteiger partial charge in [-0.1, -0.05) is 164 Å². The summed E-state index contributed by atoms with van der Waals surface area (Å²) in [5, 5.41) is 19.6. The van der Waals surface area contributed by atoms with Crippen LogP contribution in [0.3, 0.4) is 0 Å². The fraction of sp³-hybridized carbons (Fsp3) is 0.667. The van der Waals surface area contributed by atoms with Gasteiger partial charge < -0.3 is 19.7 Å². The molecule has 0 aromatic rings. The summed E-state index contributed by atoms with van der Waals surface area (Å²) in [6.45, 7) is 6.21. The molecule has 2 unspecified atom stereocenters. The molecule has 274 valence electrons. The molecule has 0 radical (unpaired) electrons. The van der Waals surface area contributed by atoms with Gasteiger partial charge in [-0.2, -0.15) is 0 Å². The van der Waals surface area contributed by atoms with Crippen molar-refractivity contribution in [2.24, 2.45) is 5.92 Å². The lowest BCUT2D eigenvalue weighted by Gasteiger charge is -2.15. The monoisotopic (exact) mass is 671 g/mol. The van der Waals surface area contributed by atoms with Crippen molar-refractivity contribution in [3.8, 4) is 0 Å². The second-order valence-corrected chi connectivity index (χ2v) is 12.7. The second-order valence-electron chi connectivity index (χ2n) is 12.7. The van der Waals surface area contributed by atoms with Crippen LogP contribution >= 0.6 is 0 Å².